The Morgan fingerprint density at radius 2 is 2.00 bits per heavy atom. The van der Waals surface area contributed by atoms with Crippen LogP contribution in [0.1, 0.15) is 34.6 Å². The highest BCUT2D eigenvalue weighted by Crippen LogP contribution is 2.23. The van der Waals surface area contributed by atoms with Gasteiger partial charge in [-0.3, -0.25) is 0 Å². The number of aliphatic hydroxyl groups excluding tert-OH is 1. The van der Waals surface area contributed by atoms with Crippen LogP contribution in [-0.2, 0) is 9.53 Å². The standard InChI is InChI=1S/C14H26N2O5/c1-13(2,3)10(11(18)19)15-12(20)16-6-9(7-17)21-14(4,5)8-16/h9-10,17H,6-8H2,1-5H3,(H,15,20)(H,18,19)/t9?,10-/m0/s1. The van der Waals surface area contributed by atoms with E-state index in [1.807, 2.05) is 13.8 Å². The molecule has 0 saturated carbocycles. The lowest BCUT2D eigenvalue weighted by atomic mass is 9.87. The van der Waals surface area contributed by atoms with Gasteiger partial charge < -0.3 is 25.2 Å². The first kappa shape index (κ1) is 17.7. The first-order chi connectivity index (χ1) is 9.46. The molecule has 3 N–H and O–H groups in total. The fourth-order valence-electron chi connectivity index (χ4n) is 2.41. The summed E-state index contributed by atoms with van der Waals surface area (Å²) in [6.45, 7) is 9.31. The van der Waals surface area contributed by atoms with Gasteiger partial charge in [0, 0.05) is 0 Å². The van der Waals surface area contributed by atoms with Gasteiger partial charge in [0.05, 0.1) is 31.4 Å². The molecule has 0 aromatic carbocycles. The van der Waals surface area contributed by atoms with Crippen LogP contribution in [0.3, 0.4) is 0 Å². The van der Waals surface area contributed by atoms with Crippen LogP contribution in [0.15, 0.2) is 0 Å². The summed E-state index contributed by atoms with van der Waals surface area (Å²) < 4.78 is 5.64. The molecule has 122 valence electrons. The first-order valence-corrected chi connectivity index (χ1v) is 7.03. The topological polar surface area (TPSA) is 99.1 Å². The molecular weight excluding hydrogens is 276 g/mol. The Hall–Kier alpha value is -1.34. The monoisotopic (exact) mass is 302 g/mol. The predicted molar refractivity (Wildman–Crippen MR) is 77.0 cm³/mol. The lowest BCUT2D eigenvalue weighted by molar-refractivity contribution is -0.143. The van der Waals surface area contributed by atoms with Crippen molar-refractivity contribution in [3.8, 4) is 0 Å². The molecule has 1 heterocycles. The third kappa shape index (κ3) is 4.86. The largest absolute Gasteiger partial charge is 0.480 e. The highest BCUT2D eigenvalue weighted by Gasteiger charge is 2.38. The Morgan fingerprint density at radius 1 is 1.43 bits per heavy atom. The minimum absolute atomic E-state index is 0.186. The van der Waals surface area contributed by atoms with Gasteiger partial charge in [0.1, 0.15) is 6.04 Å². The molecule has 0 aromatic rings. The zero-order valence-electron chi connectivity index (χ0n) is 13.3. The first-order valence-electron chi connectivity index (χ1n) is 7.03. The lowest BCUT2D eigenvalue weighted by Crippen LogP contribution is -2.60. The van der Waals surface area contributed by atoms with Crippen molar-refractivity contribution < 1.29 is 24.5 Å². The van der Waals surface area contributed by atoms with Crippen LogP contribution >= 0.6 is 0 Å². The number of amides is 2. The minimum Gasteiger partial charge on any atom is -0.480 e. The van der Waals surface area contributed by atoms with Gasteiger partial charge in [-0.25, -0.2) is 9.59 Å². The van der Waals surface area contributed by atoms with Gasteiger partial charge in [-0.15, -0.1) is 0 Å². The third-order valence-corrected chi connectivity index (χ3v) is 3.35. The average Bonchev–Trinajstić information content (AvgIpc) is 2.31. The molecule has 1 saturated heterocycles. The highest BCUT2D eigenvalue weighted by molar-refractivity contribution is 5.83. The van der Waals surface area contributed by atoms with Crippen LogP contribution in [0.5, 0.6) is 0 Å². The molecular formula is C14H26N2O5. The molecule has 7 heteroatoms. The molecule has 0 aliphatic carbocycles. The van der Waals surface area contributed by atoms with Crippen molar-refractivity contribution in [1.82, 2.24) is 10.2 Å². The van der Waals surface area contributed by atoms with Crippen LogP contribution in [-0.4, -0.2) is 64.6 Å². The van der Waals surface area contributed by atoms with Crippen molar-refractivity contribution in [2.75, 3.05) is 19.7 Å². The maximum absolute atomic E-state index is 12.3. The molecule has 1 rings (SSSR count). The fraction of sp³-hybridized carbons (Fsp3) is 0.857. The Morgan fingerprint density at radius 3 is 2.43 bits per heavy atom. The van der Waals surface area contributed by atoms with E-state index in [0.29, 0.717) is 6.54 Å². The zero-order chi connectivity index (χ0) is 16.4. The number of ether oxygens (including phenoxy) is 1. The van der Waals surface area contributed by atoms with Gasteiger partial charge in [0.2, 0.25) is 0 Å². The second kappa shape index (κ2) is 6.19. The average molecular weight is 302 g/mol. The van der Waals surface area contributed by atoms with Crippen molar-refractivity contribution in [2.24, 2.45) is 5.41 Å². The number of carbonyl (C=O) groups excluding carboxylic acids is 1. The van der Waals surface area contributed by atoms with E-state index in [1.54, 1.807) is 20.8 Å². The smallest absolute Gasteiger partial charge is 0.326 e. The zero-order valence-corrected chi connectivity index (χ0v) is 13.3. The Bertz CT molecular complexity index is 403. The molecule has 1 aliphatic heterocycles. The fourth-order valence-corrected chi connectivity index (χ4v) is 2.41. The van der Waals surface area contributed by atoms with Crippen LogP contribution in [0.4, 0.5) is 4.79 Å². The predicted octanol–water partition coefficient (Wildman–Crippen LogP) is 0.667. The summed E-state index contributed by atoms with van der Waals surface area (Å²) in [5.74, 6) is -1.07. The molecule has 7 nitrogen and oxygen atoms in total. The van der Waals surface area contributed by atoms with E-state index in [2.05, 4.69) is 5.32 Å². The summed E-state index contributed by atoms with van der Waals surface area (Å²) in [6, 6.07) is -1.43. The Kier molecular flexibility index (Phi) is 5.22. The number of aliphatic hydroxyl groups is 1. The summed E-state index contributed by atoms with van der Waals surface area (Å²) in [7, 11) is 0. The van der Waals surface area contributed by atoms with Crippen molar-refractivity contribution >= 4 is 12.0 Å². The minimum atomic E-state index is -1.07. The van der Waals surface area contributed by atoms with E-state index >= 15 is 0 Å². The number of nitrogens with zero attached hydrogens (tertiary/aromatic N) is 1. The number of morpholine rings is 1. The van der Waals surface area contributed by atoms with E-state index in [1.165, 1.54) is 4.90 Å². The highest BCUT2D eigenvalue weighted by atomic mass is 16.5. The van der Waals surface area contributed by atoms with Gasteiger partial charge in [-0.05, 0) is 19.3 Å². The quantitative estimate of drug-likeness (QED) is 0.711. The number of nitrogens with one attached hydrogen (secondary N) is 1. The van der Waals surface area contributed by atoms with Gasteiger partial charge >= 0.3 is 12.0 Å². The maximum Gasteiger partial charge on any atom is 0.326 e. The number of aliphatic carboxylic acids is 1. The van der Waals surface area contributed by atoms with Crippen LogP contribution in [0, 0.1) is 5.41 Å². The number of hydrogen-bond donors (Lipinski definition) is 3. The van der Waals surface area contributed by atoms with Gasteiger partial charge in [0.15, 0.2) is 0 Å². The summed E-state index contributed by atoms with van der Waals surface area (Å²) >= 11 is 0. The van der Waals surface area contributed by atoms with Gasteiger partial charge in [-0.2, -0.15) is 0 Å². The maximum atomic E-state index is 12.3. The number of carboxylic acids is 1. The number of carboxylic acid groups (broad SMARTS) is 1. The lowest BCUT2D eigenvalue weighted by Gasteiger charge is -2.42. The number of carbonyl (C=O) groups is 2. The molecule has 1 fully saturated rings. The molecule has 0 radical (unpaired) electrons. The molecule has 1 unspecified atom stereocenters. The van der Waals surface area contributed by atoms with E-state index in [-0.39, 0.29) is 13.2 Å². The molecule has 2 atom stereocenters. The Balaban J connectivity index is 2.80. The van der Waals surface area contributed by atoms with E-state index in [9.17, 15) is 19.8 Å². The second-order valence-corrected chi connectivity index (χ2v) is 7.15. The van der Waals surface area contributed by atoms with Crippen molar-refractivity contribution in [3.63, 3.8) is 0 Å². The van der Waals surface area contributed by atoms with Crippen LogP contribution in [0.2, 0.25) is 0 Å². The van der Waals surface area contributed by atoms with E-state index in [0.717, 1.165) is 0 Å². The molecule has 1 aliphatic rings. The SMILES string of the molecule is CC1(C)CN(C(=O)N[C@@H](C(=O)O)C(C)(C)C)CC(CO)O1. The number of hydrogen-bond acceptors (Lipinski definition) is 4. The number of urea groups is 1. The third-order valence-electron chi connectivity index (χ3n) is 3.35. The van der Waals surface area contributed by atoms with Crippen molar-refractivity contribution in [1.29, 1.82) is 0 Å². The molecule has 0 bridgehead atoms. The normalized spacial score (nSPS) is 23.5. The van der Waals surface area contributed by atoms with Gasteiger partial charge in [-0.1, -0.05) is 20.8 Å². The van der Waals surface area contributed by atoms with Crippen molar-refractivity contribution in [3.05, 3.63) is 0 Å². The van der Waals surface area contributed by atoms with Crippen LogP contribution in [0.25, 0.3) is 0 Å². The van der Waals surface area contributed by atoms with E-state index < -0.39 is 35.2 Å². The molecule has 2 amide bonds. The van der Waals surface area contributed by atoms with Crippen LogP contribution < -0.4 is 5.32 Å². The summed E-state index contributed by atoms with van der Waals surface area (Å²) in [6.07, 6.45) is -0.461. The summed E-state index contributed by atoms with van der Waals surface area (Å²) in [4.78, 5) is 25.1. The van der Waals surface area contributed by atoms with Crippen molar-refractivity contribution in [2.45, 2.75) is 52.4 Å². The molecule has 21 heavy (non-hydrogen) atoms. The summed E-state index contributed by atoms with van der Waals surface area (Å²) in [5, 5.41) is 21.1. The molecule has 0 aromatic heterocycles. The molecule has 0 spiro atoms. The second-order valence-electron chi connectivity index (χ2n) is 7.15. The van der Waals surface area contributed by atoms with Gasteiger partial charge in [0.25, 0.3) is 0 Å². The Labute approximate surface area is 125 Å². The van der Waals surface area contributed by atoms with E-state index in [4.69, 9.17) is 4.74 Å². The summed E-state index contributed by atoms with van der Waals surface area (Å²) in [5.41, 5.74) is -1.18. The number of rotatable bonds is 3.